The van der Waals surface area contributed by atoms with Gasteiger partial charge in [0.2, 0.25) is 0 Å². The summed E-state index contributed by atoms with van der Waals surface area (Å²) in [6.45, 7) is 2.01. The van der Waals surface area contributed by atoms with E-state index in [1.54, 1.807) is 13.0 Å². The van der Waals surface area contributed by atoms with Crippen molar-refractivity contribution in [3.05, 3.63) is 33.8 Å². The molecule has 3 heterocycles. The van der Waals surface area contributed by atoms with Gasteiger partial charge in [-0.05, 0) is 19.8 Å². The van der Waals surface area contributed by atoms with Crippen LogP contribution in [0.3, 0.4) is 0 Å². The molecule has 1 unspecified atom stereocenters. The normalized spacial score (nSPS) is 17.5. The van der Waals surface area contributed by atoms with Gasteiger partial charge < -0.3 is 9.26 Å². The fraction of sp³-hybridized carbons (Fsp3) is 0.538. The Morgan fingerprint density at radius 3 is 3.05 bits per heavy atom. The van der Waals surface area contributed by atoms with Crippen molar-refractivity contribution < 1.29 is 14.1 Å². The zero-order valence-electron chi connectivity index (χ0n) is 11.9. The Kier molecular flexibility index (Phi) is 3.36. The highest BCUT2D eigenvalue weighted by molar-refractivity contribution is 5.74. The van der Waals surface area contributed by atoms with Crippen LogP contribution >= 0.6 is 0 Å². The molecule has 0 amide bonds. The summed E-state index contributed by atoms with van der Waals surface area (Å²) >= 11 is 0. The molecule has 8 heteroatoms. The molecule has 8 nitrogen and oxygen atoms in total. The Balaban J connectivity index is 1.96. The molecule has 3 rings (SSSR count). The number of esters is 1. The highest BCUT2D eigenvalue weighted by atomic mass is 16.5. The molecule has 0 bridgehead atoms. The molecule has 1 aliphatic heterocycles. The molecule has 2 aromatic rings. The lowest BCUT2D eigenvalue weighted by Crippen LogP contribution is -2.35. The van der Waals surface area contributed by atoms with Gasteiger partial charge in [-0.15, -0.1) is 0 Å². The van der Waals surface area contributed by atoms with Gasteiger partial charge in [0.25, 0.3) is 0 Å². The van der Waals surface area contributed by atoms with Crippen LogP contribution < -0.4 is 5.69 Å². The molecule has 0 radical (unpaired) electrons. The van der Waals surface area contributed by atoms with E-state index >= 15 is 0 Å². The number of nitrogens with zero attached hydrogens (tertiary/aromatic N) is 4. The average molecular weight is 292 g/mol. The second-order valence-corrected chi connectivity index (χ2v) is 5.09. The Morgan fingerprint density at radius 1 is 1.57 bits per heavy atom. The monoisotopic (exact) mass is 292 g/mol. The van der Waals surface area contributed by atoms with Crippen LogP contribution in [0.5, 0.6) is 0 Å². The van der Waals surface area contributed by atoms with Gasteiger partial charge >= 0.3 is 11.7 Å². The first-order chi connectivity index (χ1) is 10.1. The fourth-order valence-corrected chi connectivity index (χ4v) is 2.63. The van der Waals surface area contributed by atoms with Crippen LogP contribution in [0.15, 0.2) is 15.4 Å². The number of ether oxygens (including phenoxy) is 1. The van der Waals surface area contributed by atoms with Crippen LogP contribution in [0.1, 0.15) is 36.2 Å². The predicted octanol–water partition coefficient (Wildman–Crippen LogP) is 0.440. The summed E-state index contributed by atoms with van der Waals surface area (Å²) in [5.41, 5.74) is 0.420. The van der Waals surface area contributed by atoms with E-state index in [4.69, 9.17) is 9.26 Å². The maximum absolute atomic E-state index is 12.4. The van der Waals surface area contributed by atoms with Crippen molar-refractivity contribution in [3.8, 4) is 0 Å². The number of fused-ring (bicyclic) bond motifs is 1. The molecule has 0 aromatic carbocycles. The van der Waals surface area contributed by atoms with Crippen LogP contribution in [0.2, 0.25) is 0 Å². The van der Waals surface area contributed by atoms with Gasteiger partial charge in [0.05, 0.1) is 12.8 Å². The van der Waals surface area contributed by atoms with E-state index in [0.717, 1.165) is 12.1 Å². The summed E-state index contributed by atoms with van der Waals surface area (Å²) in [6.07, 6.45) is 2.06. The van der Waals surface area contributed by atoms with Gasteiger partial charge in [0, 0.05) is 12.5 Å². The quantitative estimate of drug-likeness (QED) is 0.762. The topological polar surface area (TPSA) is 92.2 Å². The third kappa shape index (κ3) is 2.37. The molecule has 21 heavy (non-hydrogen) atoms. The average Bonchev–Trinajstić information content (AvgIpc) is 3.03. The number of hydrogen-bond donors (Lipinski definition) is 0. The van der Waals surface area contributed by atoms with Crippen molar-refractivity contribution in [2.24, 2.45) is 0 Å². The van der Waals surface area contributed by atoms with E-state index in [9.17, 15) is 9.59 Å². The van der Waals surface area contributed by atoms with Crippen molar-refractivity contribution in [3.63, 3.8) is 0 Å². The van der Waals surface area contributed by atoms with Crippen molar-refractivity contribution in [2.75, 3.05) is 7.11 Å². The first kappa shape index (κ1) is 13.6. The molecule has 1 aliphatic rings. The van der Waals surface area contributed by atoms with Gasteiger partial charge in [0.15, 0.2) is 5.76 Å². The summed E-state index contributed by atoms with van der Waals surface area (Å²) < 4.78 is 12.6. The van der Waals surface area contributed by atoms with Crippen LogP contribution in [0, 0.1) is 6.92 Å². The van der Waals surface area contributed by atoms with Crippen molar-refractivity contribution in [1.82, 2.24) is 19.5 Å². The van der Waals surface area contributed by atoms with Crippen LogP contribution in [-0.4, -0.2) is 32.6 Å². The SMILES string of the molecule is COC(=O)C1CCCc2nn(Cc3cc(C)no3)c(=O)n21. The van der Waals surface area contributed by atoms with Crippen LogP contribution in [0.25, 0.3) is 0 Å². The minimum absolute atomic E-state index is 0.202. The summed E-state index contributed by atoms with van der Waals surface area (Å²) in [6, 6.07) is 1.17. The van der Waals surface area contributed by atoms with Gasteiger partial charge in [-0.3, -0.25) is 4.57 Å². The molecule has 0 saturated heterocycles. The van der Waals surface area contributed by atoms with Gasteiger partial charge in [-0.2, -0.15) is 5.10 Å². The third-order valence-electron chi connectivity index (χ3n) is 3.59. The molecular weight excluding hydrogens is 276 g/mol. The summed E-state index contributed by atoms with van der Waals surface area (Å²) in [7, 11) is 1.32. The lowest BCUT2D eigenvalue weighted by atomic mass is 10.1. The predicted molar refractivity (Wildman–Crippen MR) is 70.8 cm³/mol. The maximum Gasteiger partial charge on any atom is 0.347 e. The number of rotatable bonds is 3. The molecular formula is C13H16N4O4. The van der Waals surface area contributed by atoms with Crippen molar-refractivity contribution in [1.29, 1.82) is 0 Å². The van der Waals surface area contributed by atoms with Crippen LogP contribution in [-0.2, 0) is 22.5 Å². The zero-order chi connectivity index (χ0) is 15.0. The highest BCUT2D eigenvalue weighted by Crippen LogP contribution is 2.22. The maximum atomic E-state index is 12.4. The zero-order valence-corrected chi connectivity index (χ0v) is 11.9. The van der Waals surface area contributed by atoms with E-state index in [1.807, 2.05) is 0 Å². The van der Waals surface area contributed by atoms with E-state index in [-0.39, 0.29) is 12.2 Å². The molecule has 0 aliphatic carbocycles. The number of aromatic nitrogens is 4. The first-order valence-corrected chi connectivity index (χ1v) is 6.78. The number of hydrogen-bond acceptors (Lipinski definition) is 6. The Morgan fingerprint density at radius 2 is 2.38 bits per heavy atom. The third-order valence-corrected chi connectivity index (χ3v) is 3.59. The number of carbonyl (C=O) groups is 1. The minimum Gasteiger partial charge on any atom is -0.467 e. The standard InChI is InChI=1S/C13H16N4O4/c1-8-6-9(21-15-8)7-16-13(19)17-10(12(18)20-2)4-3-5-11(17)14-16/h6,10H,3-5,7H2,1-2H3. The molecule has 0 spiro atoms. The van der Waals surface area contributed by atoms with Crippen molar-refractivity contribution in [2.45, 2.75) is 38.8 Å². The molecule has 112 valence electrons. The number of carbonyl (C=O) groups excluding carboxylic acids is 1. The molecule has 0 fully saturated rings. The summed E-state index contributed by atoms with van der Waals surface area (Å²) in [5.74, 6) is 0.755. The Labute approximate surface area is 120 Å². The van der Waals surface area contributed by atoms with Gasteiger partial charge in [-0.25, -0.2) is 14.3 Å². The Bertz CT molecular complexity index is 727. The van der Waals surface area contributed by atoms with E-state index in [2.05, 4.69) is 10.3 Å². The summed E-state index contributed by atoms with van der Waals surface area (Å²) in [5, 5.41) is 8.08. The molecule has 0 N–H and O–H groups in total. The fourth-order valence-electron chi connectivity index (χ4n) is 2.63. The molecule has 0 saturated carbocycles. The molecule has 1 atom stereocenters. The largest absolute Gasteiger partial charge is 0.467 e. The lowest BCUT2D eigenvalue weighted by molar-refractivity contribution is -0.145. The van der Waals surface area contributed by atoms with E-state index < -0.39 is 12.0 Å². The smallest absolute Gasteiger partial charge is 0.347 e. The minimum atomic E-state index is -0.587. The lowest BCUT2D eigenvalue weighted by Gasteiger charge is -2.20. The second kappa shape index (κ2) is 5.19. The van der Waals surface area contributed by atoms with E-state index in [0.29, 0.717) is 24.4 Å². The highest BCUT2D eigenvalue weighted by Gasteiger charge is 2.31. The van der Waals surface area contributed by atoms with E-state index in [1.165, 1.54) is 16.4 Å². The van der Waals surface area contributed by atoms with Crippen LogP contribution in [0.4, 0.5) is 0 Å². The number of aryl methyl sites for hydroxylation is 2. The Hall–Kier alpha value is -2.38. The number of methoxy groups -OCH3 is 1. The van der Waals surface area contributed by atoms with Gasteiger partial charge in [0.1, 0.15) is 18.4 Å². The molecule has 2 aromatic heterocycles. The van der Waals surface area contributed by atoms with Crippen molar-refractivity contribution >= 4 is 5.97 Å². The van der Waals surface area contributed by atoms with Gasteiger partial charge in [-0.1, -0.05) is 5.16 Å². The summed E-state index contributed by atoms with van der Waals surface area (Å²) in [4.78, 5) is 24.3. The first-order valence-electron chi connectivity index (χ1n) is 6.78. The second-order valence-electron chi connectivity index (χ2n) is 5.09.